The van der Waals surface area contributed by atoms with E-state index in [9.17, 15) is 8.42 Å². The highest BCUT2D eigenvalue weighted by Crippen LogP contribution is 2.26. The minimum Gasteiger partial charge on any atom is -0.378 e. The molecule has 0 aliphatic carbocycles. The second-order valence-corrected chi connectivity index (χ2v) is 8.34. The van der Waals surface area contributed by atoms with E-state index in [1.165, 1.54) is 18.4 Å². The summed E-state index contributed by atoms with van der Waals surface area (Å²) in [4.78, 5) is 4.46. The summed E-state index contributed by atoms with van der Waals surface area (Å²) in [6.45, 7) is 4.41. The average molecular weight is 340 g/mol. The molecule has 1 saturated heterocycles. The van der Waals surface area contributed by atoms with Crippen LogP contribution in [0.2, 0.25) is 0 Å². The van der Waals surface area contributed by atoms with Gasteiger partial charge in [0, 0.05) is 32.4 Å². The Morgan fingerprint density at radius 2 is 1.78 bits per heavy atom. The Morgan fingerprint density at radius 1 is 1.17 bits per heavy atom. The summed E-state index contributed by atoms with van der Waals surface area (Å²) < 4.78 is 26.8. The van der Waals surface area contributed by atoms with E-state index in [1.54, 1.807) is 0 Å². The van der Waals surface area contributed by atoms with Crippen molar-refractivity contribution in [2.45, 2.75) is 32.2 Å². The van der Waals surface area contributed by atoms with Gasteiger partial charge in [0.25, 0.3) is 0 Å². The van der Waals surface area contributed by atoms with E-state index in [0.717, 1.165) is 18.8 Å². The van der Waals surface area contributed by atoms with Crippen LogP contribution in [0.1, 0.15) is 37.8 Å². The molecule has 1 aromatic rings. The summed E-state index contributed by atoms with van der Waals surface area (Å²) in [7, 11) is 0.869. The molecule has 0 spiro atoms. The Morgan fingerprint density at radius 3 is 2.30 bits per heavy atom. The monoisotopic (exact) mass is 339 g/mol. The third-order valence-electron chi connectivity index (χ3n) is 4.35. The van der Waals surface area contributed by atoms with Crippen LogP contribution in [0.3, 0.4) is 0 Å². The average Bonchev–Trinajstić information content (AvgIpc) is 3.02. The lowest BCUT2D eigenvalue weighted by atomic mass is 10.1. The highest BCUT2D eigenvalue weighted by atomic mass is 32.2. The first-order valence-electron chi connectivity index (χ1n) is 8.41. The van der Waals surface area contributed by atoms with Crippen molar-refractivity contribution in [3.63, 3.8) is 0 Å². The van der Waals surface area contributed by atoms with Crippen LogP contribution < -0.4 is 9.62 Å². The Kier molecular flexibility index (Phi) is 6.44. The van der Waals surface area contributed by atoms with Crippen molar-refractivity contribution < 1.29 is 8.42 Å². The maximum atomic E-state index is 12.0. The largest absolute Gasteiger partial charge is 0.378 e. The van der Waals surface area contributed by atoms with Gasteiger partial charge in [0.2, 0.25) is 10.0 Å². The van der Waals surface area contributed by atoms with Crippen LogP contribution in [0.5, 0.6) is 0 Å². The zero-order valence-electron chi connectivity index (χ0n) is 14.5. The minimum absolute atomic E-state index is 0.111. The number of benzene rings is 1. The summed E-state index contributed by atoms with van der Waals surface area (Å²) in [5, 5.41) is 0. The van der Waals surface area contributed by atoms with E-state index in [2.05, 4.69) is 38.8 Å². The number of likely N-dealkylation sites (tertiary alicyclic amines) is 1. The highest BCUT2D eigenvalue weighted by molar-refractivity contribution is 7.89. The number of anilines is 1. The van der Waals surface area contributed by atoms with Crippen molar-refractivity contribution >= 4 is 15.7 Å². The molecule has 0 aromatic heterocycles. The van der Waals surface area contributed by atoms with E-state index in [1.807, 2.05) is 21.0 Å². The topological polar surface area (TPSA) is 52.7 Å². The fraction of sp³-hybridized carbons (Fsp3) is 0.647. The number of hydrogen-bond donors (Lipinski definition) is 1. The summed E-state index contributed by atoms with van der Waals surface area (Å²) in [6.07, 6.45) is 3.02. The highest BCUT2D eigenvalue weighted by Gasteiger charge is 2.25. The summed E-state index contributed by atoms with van der Waals surface area (Å²) >= 11 is 0. The molecule has 0 bridgehead atoms. The van der Waals surface area contributed by atoms with Gasteiger partial charge in [0.15, 0.2) is 0 Å². The van der Waals surface area contributed by atoms with E-state index < -0.39 is 10.0 Å². The second kappa shape index (κ2) is 8.13. The number of nitrogens with zero attached hydrogens (tertiary/aromatic N) is 2. The predicted octanol–water partition coefficient (Wildman–Crippen LogP) is 2.22. The van der Waals surface area contributed by atoms with Crippen LogP contribution in [0.25, 0.3) is 0 Å². The molecule has 0 amide bonds. The van der Waals surface area contributed by atoms with Gasteiger partial charge < -0.3 is 4.90 Å². The van der Waals surface area contributed by atoms with E-state index in [0.29, 0.717) is 13.0 Å². The molecule has 130 valence electrons. The van der Waals surface area contributed by atoms with E-state index >= 15 is 0 Å². The molecule has 1 aromatic carbocycles. The lowest BCUT2D eigenvalue weighted by molar-refractivity contribution is 0.246. The van der Waals surface area contributed by atoms with Gasteiger partial charge in [-0.3, -0.25) is 4.90 Å². The smallest absolute Gasteiger partial charge is 0.211 e. The number of hydrogen-bond acceptors (Lipinski definition) is 4. The maximum absolute atomic E-state index is 12.0. The van der Waals surface area contributed by atoms with Crippen molar-refractivity contribution in [2.75, 3.05) is 44.4 Å². The Bertz CT molecular complexity index is 578. The fourth-order valence-corrected chi connectivity index (χ4v) is 4.15. The first-order chi connectivity index (χ1) is 10.9. The van der Waals surface area contributed by atoms with Crippen LogP contribution in [0, 0.1) is 0 Å². The molecule has 1 aliphatic heterocycles. The zero-order valence-corrected chi connectivity index (χ0v) is 15.3. The first-order valence-corrected chi connectivity index (χ1v) is 10.1. The van der Waals surface area contributed by atoms with Crippen LogP contribution in [-0.2, 0) is 10.0 Å². The molecule has 1 fully saturated rings. The molecule has 1 unspecified atom stereocenters. The van der Waals surface area contributed by atoms with Crippen molar-refractivity contribution in [2.24, 2.45) is 0 Å². The van der Waals surface area contributed by atoms with Crippen LogP contribution in [0.4, 0.5) is 5.69 Å². The Hall–Kier alpha value is -1.11. The number of rotatable bonds is 8. The van der Waals surface area contributed by atoms with Crippen molar-refractivity contribution in [1.82, 2.24) is 9.62 Å². The zero-order chi connectivity index (χ0) is 16.9. The Balaban J connectivity index is 2.13. The van der Waals surface area contributed by atoms with Gasteiger partial charge in [-0.05, 0) is 50.0 Å². The van der Waals surface area contributed by atoms with E-state index in [-0.39, 0.29) is 11.8 Å². The summed E-state index contributed by atoms with van der Waals surface area (Å²) in [5.41, 5.74) is 2.33. The quantitative estimate of drug-likeness (QED) is 0.789. The lowest BCUT2D eigenvalue weighted by Crippen LogP contribution is -2.37. The van der Waals surface area contributed by atoms with Gasteiger partial charge in [-0.1, -0.05) is 19.1 Å². The van der Waals surface area contributed by atoms with Crippen molar-refractivity contribution in [3.05, 3.63) is 29.8 Å². The van der Waals surface area contributed by atoms with Crippen LogP contribution in [0.15, 0.2) is 24.3 Å². The van der Waals surface area contributed by atoms with Crippen LogP contribution in [-0.4, -0.2) is 52.8 Å². The number of nitrogens with one attached hydrogen (secondary N) is 1. The van der Waals surface area contributed by atoms with Gasteiger partial charge in [-0.15, -0.1) is 0 Å². The van der Waals surface area contributed by atoms with Gasteiger partial charge >= 0.3 is 0 Å². The molecule has 1 heterocycles. The molecule has 2 rings (SSSR count). The van der Waals surface area contributed by atoms with Gasteiger partial charge in [-0.25, -0.2) is 13.1 Å². The predicted molar refractivity (Wildman–Crippen MR) is 96.4 cm³/mol. The fourth-order valence-electron chi connectivity index (χ4n) is 3.05. The third kappa shape index (κ3) is 5.19. The molecular formula is C17H29N3O2S. The lowest BCUT2D eigenvalue weighted by Gasteiger charge is -2.28. The van der Waals surface area contributed by atoms with Gasteiger partial charge in [0.1, 0.15) is 0 Å². The van der Waals surface area contributed by atoms with Crippen molar-refractivity contribution in [1.29, 1.82) is 0 Å². The molecule has 1 N–H and O–H groups in total. The first kappa shape index (κ1) is 18.2. The molecule has 1 aliphatic rings. The SMILES string of the molecule is CCCS(=O)(=O)NCC(c1ccc(N(C)C)cc1)N1CCCC1. The molecular weight excluding hydrogens is 310 g/mol. The molecule has 1 atom stereocenters. The second-order valence-electron chi connectivity index (χ2n) is 6.41. The molecule has 0 saturated carbocycles. The van der Waals surface area contributed by atoms with Crippen molar-refractivity contribution in [3.8, 4) is 0 Å². The summed E-state index contributed by atoms with van der Waals surface area (Å²) in [6, 6.07) is 8.54. The normalized spacial score (nSPS) is 17.3. The van der Waals surface area contributed by atoms with Gasteiger partial charge in [-0.2, -0.15) is 0 Å². The van der Waals surface area contributed by atoms with Crippen LogP contribution >= 0.6 is 0 Å². The molecule has 6 heteroatoms. The summed E-state index contributed by atoms with van der Waals surface area (Å²) in [5.74, 6) is 0.194. The third-order valence-corrected chi connectivity index (χ3v) is 5.90. The molecule has 0 radical (unpaired) electrons. The van der Waals surface area contributed by atoms with Gasteiger partial charge in [0.05, 0.1) is 5.75 Å². The standard InChI is InChI=1S/C17H29N3O2S/c1-4-13-23(21,22)18-14-17(20-11-5-6-12-20)15-7-9-16(10-8-15)19(2)3/h7-10,17-18H,4-6,11-14H2,1-3H3. The van der Waals surface area contributed by atoms with E-state index in [4.69, 9.17) is 0 Å². The number of sulfonamides is 1. The molecule has 5 nitrogen and oxygen atoms in total. The molecule has 23 heavy (non-hydrogen) atoms. The maximum Gasteiger partial charge on any atom is 0.211 e. The minimum atomic E-state index is -3.17. The Labute approximate surface area is 140 Å².